The smallest absolute Gasteiger partial charge is 0.227 e. The van der Waals surface area contributed by atoms with Crippen LogP contribution >= 0.6 is 0 Å². The molecule has 1 saturated heterocycles. The summed E-state index contributed by atoms with van der Waals surface area (Å²) in [7, 11) is 0. The molecule has 3 aromatic rings. The van der Waals surface area contributed by atoms with Crippen LogP contribution in [0.3, 0.4) is 0 Å². The highest BCUT2D eigenvalue weighted by atomic mass is 16.5. The fourth-order valence-corrected chi connectivity index (χ4v) is 3.58. The van der Waals surface area contributed by atoms with Crippen LogP contribution in [0.1, 0.15) is 22.8 Å². The van der Waals surface area contributed by atoms with E-state index in [2.05, 4.69) is 55.5 Å². The van der Waals surface area contributed by atoms with Gasteiger partial charge in [0.15, 0.2) is 0 Å². The number of nitrogens with zero attached hydrogens (tertiary/aromatic N) is 1. The standard InChI is InChI=1S/C23H23NO2/c1-17-9-11-19(12-10-17)22-16-24(13-14-26-22)23(25)15-20-7-4-6-18-5-2-3-8-21(18)20/h2-12,22H,13-16H2,1H3. The Morgan fingerprint density at radius 1 is 1.04 bits per heavy atom. The third-order valence-electron chi connectivity index (χ3n) is 5.09. The van der Waals surface area contributed by atoms with Gasteiger partial charge in [0.25, 0.3) is 0 Å². The largest absolute Gasteiger partial charge is 0.370 e. The van der Waals surface area contributed by atoms with Gasteiger partial charge in [0.05, 0.1) is 19.6 Å². The fraction of sp³-hybridized carbons (Fsp3) is 0.261. The molecule has 132 valence electrons. The molecule has 1 amide bonds. The van der Waals surface area contributed by atoms with E-state index in [1.54, 1.807) is 0 Å². The van der Waals surface area contributed by atoms with Crippen LogP contribution in [0.15, 0.2) is 66.7 Å². The topological polar surface area (TPSA) is 29.5 Å². The monoisotopic (exact) mass is 345 g/mol. The lowest BCUT2D eigenvalue weighted by Gasteiger charge is -2.33. The summed E-state index contributed by atoms with van der Waals surface area (Å²) in [5.41, 5.74) is 3.46. The minimum Gasteiger partial charge on any atom is -0.370 e. The van der Waals surface area contributed by atoms with Crippen LogP contribution < -0.4 is 0 Å². The molecule has 3 aromatic carbocycles. The average molecular weight is 345 g/mol. The molecule has 1 aliphatic heterocycles. The van der Waals surface area contributed by atoms with Gasteiger partial charge in [-0.05, 0) is 28.8 Å². The van der Waals surface area contributed by atoms with Crippen molar-refractivity contribution in [2.24, 2.45) is 0 Å². The highest BCUT2D eigenvalue weighted by Crippen LogP contribution is 2.24. The molecule has 0 radical (unpaired) electrons. The zero-order chi connectivity index (χ0) is 17.9. The Kier molecular flexibility index (Phi) is 4.72. The lowest BCUT2D eigenvalue weighted by atomic mass is 10.0. The second kappa shape index (κ2) is 7.30. The number of ether oxygens (including phenoxy) is 1. The molecule has 4 rings (SSSR count). The second-order valence-corrected chi connectivity index (χ2v) is 6.92. The molecule has 0 saturated carbocycles. The van der Waals surface area contributed by atoms with E-state index in [9.17, 15) is 4.79 Å². The van der Waals surface area contributed by atoms with E-state index >= 15 is 0 Å². The Labute approximate surface area is 154 Å². The molecule has 0 spiro atoms. The van der Waals surface area contributed by atoms with Crippen LogP contribution in [-0.4, -0.2) is 30.5 Å². The maximum atomic E-state index is 12.9. The van der Waals surface area contributed by atoms with Crippen LogP contribution in [0, 0.1) is 6.92 Å². The van der Waals surface area contributed by atoms with Crippen molar-refractivity contribution in [2.75, 3.05) is 19.7 Å². The maximum absolute atomic E-state index is 12.9. The first-order chi connectivity index (χ1) is 12.7. The summed E-state index contributed by atoms with van der Waals surface area (Å²) in [5, 5.41) is 2.34. The van der Waals surface area contributed by atoms with Crippen molar-refractivity contribution >= 4 is 16.7 Å². The molecule has 1 aliphatic rings. The van der Waals surface area contributed by atoms with E-state index in [1.807, 2.05) is 23.1 Å². The molecule has 1 fully saturated rings. The summed E-state index contributed by atoms with van der Waals surface area (Å²) >= 11 is 0. The van der Waals surface area contributed by atoms with Crippen molar-refractivity contribution in [2.45, 2.75) is 19.4 Å². The van der Waals surface area contributed by atoms with Gasteiger partial charge in [-0.15, -0.1) is 0 Å². The first-order valence-electron chi connectivity index (χ1n) is 9.13. The van der Waals surface area contributed by atoms with Gasteiger partial charge in [0, 0.05) is 6.54 Å². The van der Waals surface area contributed by atoms with Gasteiger partial charge in [0.1, 0.15) is 6.10 Å². The minimum atomic E-state index is -0.0409. The lowest BCUT2D eigenvalue weighted by molar-refractivity contribution is -0.138. The van der Waals surface area contributed by atoms with Gasteiger partial charge in [0.2, 0.25) is 5.91 Å². The zero-order valence-corrected chi connectivity index (χ0v) is 15.0. The number of hydrogen-bond acceptors (Lipinski definition) is 2. The Hall–Kier alpha value is -2.65. The predicted molar refractivity (Wildman–Crippen MR) is 104 cm³/mol. The van der Waals surface area contributed by atoms with Gasteiger partial charge in [-0.25, -0.2) is 0 Å². The normalized spacial score (nSPS) is 17.4. The van der Waals surface area contributed by atoms with Crippen molar-refractivity contribution in [3.05, 3.63) is 83.4 Å². The molecular weight excluding hydrogens is 322 g/mol. The number of hydrogen-bond donors (Lipinski definition) is 0. The van der Waals surface area contributed by atoms with Gasteiger partial charge < -0.3 is 9.64 Å². The molecule has 26 heavy (non-hydrogen) atoms. The second-order valence-electron chi connectivity index (χ2n) is 6.92. The SMILES string of the molecule is Cc1ccc(C2CN(C(=O)Cc3cccc4ccccc34)CCO2)cc1. The third kappa shape index (κ3) is 3.49. The fourth-order valence-electron chi connectivity index (χ4n) is 3.58. The highest BCUT2D eigenvalue weighted by molar-refractivity contribution is 5.90. The van der Waals surface area contributed by atoms with Crippen LogP contribution in [0.5, 0.6) is 0 Å². The van der Waals surface area contributed by atoms with Gasteiger partial charge in [-0.3, -0.25) is 4.79 Å². The summed E-state index contributed by atoms with van der Waals surface area (Å²) in [4.78, 5) is 14.9. The van der Waals surface area contributed by atoms with E-state index in [4.69, 9.17) is 4.74 Å². The summed E-state index contributed by atoms with van der Waals surface area (Å²) in [6, 6.07) is 22.8. The number of carbonyl (C=O) groups is 1. The van der Waals surface area contributed by atoms with E-state index < -0.39 is 0 Å². The van der Waals surface area contributed by atoms with Gasteiger partial charge >= 0.3 is 0 Å². The summed E-state index contributed by atoms with van der Waals surface area (Å²) in [5.74, 6) is 0.168. The van der Waals surface area contributed by atoms with Crippen LogP contribution in [0.4, 0.5) is 0 Å². The predicted octanol–water partition coefficient (Wildman–Crippen LogP) is 4.29. The zero-order valence-electron chi connectivity index (χ0n) is 15.0. The average Bonchev–Trinajstić information content (AvgIpc) is 2.69. The highest BCUT2D eigenvalue weighted by Gasteiger charge is 2.25. The summed E-state index contributed by atoms with van der Waals surface area (Å²) in [6.45, 7) is 3.93. The Bertz CT molecular complexity index is 912. The molecule has 3 nitrogen and oxygen atoms in total. The Morgan fingerprint density at radius 2 is 1.81 bits per heavy atom. The van der Waals surface area contributed by atoms with E-state index in [0.29, 0.717) is 26.1 Å². The van der Waals surface area contributed by atoms with Crippen molar-refractivity contribution in [1.29, 1.82) is 0 Å². The van der Waals surface area contributed by atoms with E-state index in [1.165, 1.54) is 10.9 Å². The molecule has 1 heterocycles. The maximum Gasteiger partial charge on any atom is 0.227 e. The van der Waals surface area contributed by atoms with Crippen molar-refractivity contribution in [1.82, 2.24) is 4.90 Å². The third-order valence-corrected chi connectivity index (χ3v) is 5.09. The van der Waals surface area contributed by atoms with E-state index in [0.717, 1.165) is 16.5 Å². The number of fused-ring (bicyclic) bond motifs is 1. The molecular formula is C23H23NO2. The molecule has 3 heteroatoms. The van der Waals surface area contributed by atoms with Crippen molar-refractivity contribution < 1.29 is 9.53 Å². The Balaban J connectivity index is 1.50. The molecule has 1 atom stereocenters. The van der Waals surface area contributed by atoms with Gasteiger partial charge in [-0.1, -0.05) is 72.3 Å². The van der Waals surface area contributed by atoms with Crippen LogP contribution in [-0.2, 0) is 16.0 Å². The quantitative estimate of drug-likeness (QED) is 0.709. The first kappa shape index (κ1) is 16.8. The molecule has 0 N–H and O–H groups in total. The minimum absolute atomic E-state index is 0.0409. The number of carbonyl (C=O) groups excluding carboxylic acids is 1. The number of amides is 1. The summed E-state index contributed by atoms with van der Waals surface area (Å²) < 4.78 is 5.91. The first-order valence-corrected chi connectivity index (χ1v) is 9.13. The number of rotatable bonds is 3. The molecule has 1 unspecified atom stereocenters. The lowest BCUT2D eigenvalue weighted by Crippen LogP contribution is -2.43. The molecule has 0 bridgehead atoms. The summed E-state index contributed by atoms with van der Waals surface area (Å²) in [6.07, 6.45) is 0.392. The molecule has 0 aliphatic carbocycles. The number of benzene rings is 3. The van der Waals surface area contributed by atoms with Gasteiger partial charge in [-0.2, -0.15) is 0 Å². The van der Waals surface area contributed by atoms with E-state index in [-0.39, 0.29) is 12.0 Å². The number of aryl methyl sites for hydroxylation is 1. The van der Waals surface area contributed by atoms with Crippen molar-refractivity contribution in [3.8, 4) is 0 Å². The van der Waals surface area contributed by atoms with Crippen LogP contribution in [0.2, 0.25) is 0 Å². The van der Waals surface area contributed by atoms with Crippen LogP contribution in [0.25, 0.3) is 10.8 Å². The van der Waals surface area contributed by atoms with Crippen molar-refractivity contribution in [3.63, 3.8) is 0 Å². The molecule has 0 aromatic heterocycles. The number of morpholine rings is 1. The Morgan fingerprint density at radius 3 is 2.65 bits per heavy atom.